The van der Waals surface area contributed by atoms with Gasteiger partial charge in [0.1, 0.15) is 5.65 Å². The Kier molecular flexibility index (Phi) is 4.72. The molecule has 2 aliphatic carbocycles. The number of aromatic nitrogens is 3. The average Bonchev–Trinajstić information content (AvgIpc) is 3.32. The normalized spacial score (nSPS) is 23.2. The van der Waals surface area contributed by atoms with Gasteiger partial charge in [0, 0.05) is 34.3 Å². The van der Waals surface area contributed by atoms with Gasteiger partial charge in [0.25, 0.3) is 5.56 Å². The van der Waals surface area contributed by atoms with E-state index in [2.05, 4.69) is 15.3 Å². The average molecular weight is 432 g/mol. The summed E-state index contributed by atoms with van der Waals surface area (Å²) in [5, 5.41) is 3.82. The first-order valence-electron chi connectivity index (χ1n) is 9.87. The zero-order valence-corrected chi connectivity index (χ0v) is 16.7. The van der Waals surface area contributed by atoms with Crippen molar-refractivity contribution in [2.75, 3.05) is 5.32 Å². The van der Waals surface area contributed by atoms with Crippen LogP contribution in [0.3, 0.4) is 0 Å². The van der Waals surface area contributed by atoms with Crippen molar-refractivity contribution in [3.8, 4) is 0 Å². The zero-order chi connectivity index (χ0) is 20.9. The predicted molar refractivity (Wildman–Crippen MR) is 110 cm³/mol. The summed E-state index contributed by atoms with van der Waals surface area (Å²) in [4.78, 5) is 21.7. The molecule has 0 saturated heterocycles. The van der Waals surface area contributed by atoms with Crippen molar-refractivity contribution in [3.05, 3.63) is 52.9 Å². The van der Waals surface area contributed by atoms with E-state index in [4.69, 9.17) is 0 Å². The smallest absolute Gasteiger partial charge is 0.324 e. The van der Waals surface area contributed by atoms with E-state index in [0.717, 1.165) is 18.2 Å². The number of nitrogens with one attached hydrogen (secondary N) is 1. The molecule has 2 fully saturated rings. The van der Waals surface area contributed by atoms with Crippen LogP contribution in [0.2, 0.25) is 0 Å². The van der Waals surface area contributed by atoms with E-state index in [1.165, 1.54) is 25.0 Å². The largest absolute Gasteiger partial charge is 0.446 e. The molecule has 3 atom stereocenters. The number of hydrogen-bond donors (Lipinski definition) is 1. The molecule has 2 saturated carbocycles. The lowest BCUT2D eigenvalue weighted by Crippen LogP contribution is -2.28. The number of nitrogens with zero attached hydrogens (tertiary/aromatic N) is 3. The minimum Gasteiger partial charge on any atom is -0.324 e. The van der Waals surface area contributed by atoms with Gasteiger partial charge in [0.15, 0.2) is 0 Å². The van der Waals surface area contributed by atoms with Crippen molar-refractivity contribution < 1.29 is 13.2 Å². The van der Waals surface area contributed by atoms with Crippen LogP contribution in [0.15, 0.2) is 52.3 Å². The van der Waals surface area contributed by atoms with Crippen LogP contribution in [-0.4, -0.2) is 20.0 Å². The minimum atomic E-state index is -4.32. The fraction of sp³-hybridized carbons (Fsp3) is 0.381. The second kappa shape index (κ2) is 7.30. The molecule has 3 aromatic rings. The molecule has 156 valence electrons. The molecule has 5 nitrogen and oxygen atoms in total. The first kappa shape index (κ1) is 19.4. The summed E-state index contributed by atoms with van der Waals surface area (Å²) in [5.41, 5.74) is -3.20. The lowest BCUT2D eigenvalue weighted by molar-refractivity contribution is -0.0328. The Morgan fingerprint density at radius 3 is 2.53 bits per heavy atom. The Balaban J connectivity index is 1.45. The highest BCUT2D eigenvalue weighted by Crippen LogP contribution is 2.50. The maximum Gasteiger partial charge on any atom is 0.446 e. The zero-order valence-electron chi connectivity index (χ0n) is 15.9. The van der Waals surface area contributed by atoms with Crippen LogP contribution in [0.4, 0.5) is 24.8 Å². The summed E-state index contributed by atoms with van der Waals surface area (Å²) in [6, 6.07) is 9.36. The molecule has 0 radical (unpaired) electrons. The Bertz CT molecular complexity index is 1150. The Morgan fingerprint density at radius 2 is 1.87 bits per heavy atom. The molecular formula is C21H19F3N4OS. The molecule has 0 amide bonds. The van der Waals surface area contributed by atoms with Gasteiger partial charge in [0.2, 0.25) is 5.95 Å². The number of benzene rings is 1. The van der Waals surface area contributed by atoms with E-state index in [9.17, 15) is 18.0 Å². The Labute approximate surface area is 174 Å². The highest BCUT2D eigenvalue weighted by molar-refractivity contribution is 8.00. The molecule has 1 N–H and O–H groups in total. The fourth-order valence-corrected chi connectivity index (χ4v) is 5.35. The predicted octanol–water partition coefficient (Wildman–Crippen LogP) is 5.51. The molecule has 0 aliphatic heterocycles. The van der Waals surface area contributed by atoms with Crippen molar-refractivity contribution in [1.82, 2.24) is 14.5 Å². The lowest BCUT2D eigenvalue weighted by atomic mass is 9.95. The molecule has 0 spiro atoms. The minimum absolute atomic E-state index is 0.0572. The van der Waals surface area contributed by atoms with Crippen molar-refractivity contribution in [3.63, 3.8) is 0 Å². The quantitative estimate of drug-likeness (QED) is 0.551. The molecular weight excluding hydrogens is 413 g/mol. The number of alkyl halides is 3. The van der Waals surface area contributed by atoms with Gasteiger partial charge in [-0.2, -0.15) is 18.2 Å². The molecule has 1 aromatic carbocycles. The van der Waals surface area contributed by atoms with Crippen LogP contribution in [-0.2, 0) is 0 Å². The number of rotatable bonds is 4. The van der Waals surface area contributed by atoms with Crippen LogP contribution in [0.1, 0.15) is 31.7 Å². The SMILES string of the molecule is O=c1ccc2cnc(Nc3ccc(SC(F)(F)F)cc3)nc2n1C1CC2CCC1C2. The molecule has 9 heteroatoms. The molecule has 2 heterocycles. The number of pyridine rings is 1. The van der Waals surface area contributed by atoms with Gasteiger partial charge in [-0.3, -0.25) is 9.36 Å². The lowest BCUT2D eigenvalue weighted by Gasteiger charge is -2.25. The number of halogens is 3. The highest BCUT2D eigenvalue weighted by Gasteiger charge is 2.41. The summed E-state index contributed by atoms with van der Waals surface area (Å²) < 4.78 is 39.3. The first-order valence-corrected chi connectivity index (χ1v) is 10.7. The van der Waals surface area contributed by atoms with E-state index in [0.29, 0.717) is 29.1 Å². The van der Waals surface area contributed by atoms with Gasteiger partial charge >= 0.3 is 5.51 Å². The van der Waals surface area contributed by atoms with E-state index in [1.54, 1.807) is 30.5 Å². The fourth-order valence-electron chi connectivity index (χ4n) is 4.82. The van der Waals surface area contributed by atoms with Gasteiger partial charge in [-0.15, -0.1) is 0 Å². The second-order valence-corrected chi connectivity index (χ2v) is 9.09. The van der Waals surface area contributed by atoms with Crippen molar-refractivity contribution in [2.45, 2.75) is 42.1 Å². The summed E-state index contributed by atoms with van der Waals surface area (Å²) in [7, 11) is 0. The Morgan fingerprint density at radius 1 is 1.07 bits per heavy atom. The number of anilines is 2. The maximum absolute atomic E-state index is 12.7. The van der Waals surface area contributed by atoms with Crippen LogP contribution in [0.25, 0.3) is 11.0 Å². The summed E-state index contributed by atoms with van der Waals surface area (Å²) in [6.07, 6.45) is 6.24. The summed E-state index contributed by atoms with van der Waals surface area (Å²) in [5.74, 6) is 1.51. The van der Waals surface area contributed by atoms with E-state index in [1.807, 2.05) is 4.57 Å². The van der Waals surface area contributed by atoms with Crippen molar-refractivity contribution in [2.24, 2.45) is 11.8 Å². The third-order valence-electron chi connectivity index (χ3n) is 6.04. The number of fused-ring (bicyclic) bond motifs is 3. The molecule has 3 unspecified atom stereocenters. The number of thioether (sulfide) groups is 1. The Hall–Kier alpha value is -2.55. The summed E-state index contributed by atoms with van der Waals surface area (Å²) in [6.45, 7) is 0. The van der Waals surface area contributed by atoms with Crippen molar-refractivity contribution >= 4 is 34.4 Å². The molecule has 2 bridgehead atoms. The van der Waals surface area contributed by atoms with Gasteiger partial charge in [-0.1, -0.05) is 6.42 Å². The number of hydrogen-bond acceptors (Lipinski definition) is 5. The van der Waals surface area contributed by atoms with Crippen molar-refractivity contribution in [1.29, 1.82) is 0 Å². The highest BCUT2D eigenvalue weighted by atomic mass is 32.2. The van der Waals surface area contributed by atoms with Crippen LogP contribution in [0, 0.1) is 11.8 Å². The molecule has 2 aliphatic rings. The standard InChI is InChI=1S/C21H19F3N4OS/c22-21(23,24)30-16-6-4-15(5-7-16)26-20-25-11-14-3-8-18(29)28(19(14)27-20)17-10-12-1-2-13(17)9-12/h3-8,11-13,17H,1-2,9-10H2,(H,25,26,27). The molecule has 2 aromatic heterocycles. The monoisotopic (exact) mass is 432 g/mol. The third kappa shape index (κ3) is 3.78. The van der Waals surface area contributed by atoms with E-state index < -0.39 is 5.51 Å². The third-order valence-corrected chi connectivity index (χ3v) is 6.78. The van der Waals surface area contributed by atoms with Gasteiger partial charge in [-0.05, 0) is 73.2 Å². The molecule has 5 rings (SSSR count). The van der Waals surface area contributed by atoms with Crippen LogP contribution in [0.5, 0.6) is 0 Å². The second-order valence-electron chi connectivity index (χ2n) is 7.95. The van der Waals surface area contributed by atoms with Gasteiger partial charge in [0.05, 0.1) is 0 Å². The van der Waals surface area contributed by atoms with Gasteiger partial charge in [-0.25, -0.2) is 4.98 Å². The van der Waals surface area contributed by atoms with E-state index >= 15 is 0 Å². The van der Waals surface area contributed by atoms with E-state index in [-0.39, 0.29) is 28.3 Å². The topological polar surface area (TPSA) is 59.8 Å². The summed E-state index contributed by atoms with van der Waals surface area (Å²) >= 11 is -0.156. The van der Waals surface area contributed by atoms with Gasteiger partial charge < -0.3 is 5.32 Å². The first-order chi connectivity index (χ1) is 14.4. The molecule has 30 heavy (non-hydrogen) atoms. The van der Waals surface area contributed by atoms with Crippen LogP contribution < -0.4 is 10.9 Å². The van der Waals surface area contributed by atoms with Crippen LogP contribution >= 0.6 is 11.8 Å². The maximum atomic E-state index is 12.7.